The number of nitrogens with two attached hydrogens (primary N) is 1. The minimum absolute atomic E-state index is 0.00594. The third kappa shape index (κ3) is 4.56. The summed E-state index contributed by atoms with van der Waals surface area (Å²) in [7, 11) is 0. The quantitative estimate of drug-likeness (QED) is 0.776. The number of anilines is 1. The molecule has 0 bridgehead atoms. The molecule has 1 aromatic carbocycles. The SMILES string of the molecule is CC(C)[C@H](OC(=O)c1cccc(N2CCCC2=O)c1)C(=O)NC(N)=O. The first-order valence-corrected chi connectivity index (χ1v) is 8.01. The highest BCUT2D eigenvalue weighted by atomic mass is 16.5. The van der Waals surface area contributed by atoms with Crippen molar-refractivity contribution in [3.63, 3.8) is 0 Å². The number of urea groups is 1. The highest BCUT2D eigenvalue weighted by Crippen LogP contribution is 2.23. The number of carbonyl (C=O) groups excluding carboxylic acids is 4. The van der Waals surface area contributed by atoms with Gasteiger partial charge in [0.2, 0.25) is 5.91 Å². The molecule has 1 atom stereocenters. The molecular formula is C17H21N3O5. The number of carbonyl (C=O) groups is 4. The number of esters is 1. The lowest BCUT2D eigenvalue weighted by atomic mass is 10.1. The third-order valence-corrected chi connectivity index (χ3v) is 3.81. The molecule has 8 heteroatoms. The summed E-state index contributed by atoms with van der Waals surface area (Å²) in [5.41, 5.74) is 5.76. The lowest BCUT2D eigenvalue weighted by Crippen LogP contribution is -2.45. The molecule has 4 amide bonds. The lowest BCUT2D eigenvalue weighted by Gasteiger charge is -2.20. The van der Waals surface area contributed by atoms with Crippen molar-refractivity contribution in [3.8, 4) is 0 Å². The zero-order valence-corrected chi connectivity index (χ0v) is 14.2. The first-order valence-electron chi connectivity index (χ1n) is 8.01. The number of ether oxygens (including phenoxy) is 1. The van der Waals surface area contributed by atoms with Gasteiger partial charge in [0.25, 0.3) is 5.91 Å². The van der Waals surface area contributed by atoms with E-state index in [9.17, 15) is 19.2 Å². The fraction of sp³-hybridized carbons (Fsp3) is 0.412. The number of hydrogen-bond acceptors (Lipinski definition) is 5. The Hall–Kier alpha value is -2.90. The number of nitrogens with zero attached hydrogens (tertiary/aromatic N) is 1. The second-order valence-corrected chi connectivity index (χ2v) is 6.12. The van der Waals surface area contributed by atoms with Crippen molar-refractivity contribution >= 4 is 29.5 Å². The molecule has 0 aromatic heterocycles. The predicted molar refractivity (Wildman–Crippen MR) is 89.8 cm³/mol. The second kappa shape index (κ2) is 7.78. The Kier molecular flexibility index (Phi) is 5.74. The molecule has 134 valence electrons. The normalized spacial score (nSPS) is 15.2. The molecule has 1 fully saturated rings. The topological polar surface area (TPSA) is 119 Å². The van der Waals surface area contributed by atoms with Crippen molar-refractivity contribution in [2.24, 2.45) is 11.7 Å². The van der Waals surface area contributed by atoms with Crippen LogP contribution in [0.1, 0.15) is 37.0 Å². The van der Waals surface area contributed by atoms with Gasteiger partial charge in [-0.2, -0.15) is 0 Å². The number of hydrogen-bond donors (Lipinski definition) is 2. The Bertz CT molecular complexity index is 701. The number of rotatable bonds is 5. The Labute approximate surface area is 145 Å². The van der Waals surface area contributed by atoms with E-state index in [0.717, 1.165) is 6.42 Å². The fourth-order valence-electron chi connectivity index (χ4n) is 2.59. The van der Waals surface area contributed by atoms with Crippen molar-refractivity contribution in [2.75, 3.05) is 11.4 Å². The molecule has 1 aromatic rings. The highest BCUT2D eigenvalue weighted by Gasteiger charge is 2.28. The van der Waals surface area contributed by atoms with Gasteiger partial charge in [0.15, 0.2) is 6.10 Å². The fourth-order valence-corrected chi connectivity index (χ4v) is 2.59. The van der Waals surface area contributed by atoms with Gasteiger partial charge in [-0.15, -0.1) is 0 Å². The maximum absolute atomic E-state index is 12.4. The standard InChI is InChI=1S/C17H21N3O5/c1-10(2)14(15(22)19-17(18)24)25-16(23)11-5-3-6-12(9-11)20-8-4-7-13(20)21/h3,5-6,9-10,14H,4,7-8H2,1-2H3,(H3,18,19,22,24)/t14-/m0/s1. The number of nitrogens with one attached hydrogen (secondary N) is 1. The van der Waals surface area contributed by atoms with Crippen LogP contribution in [0, 0.1) is 5.92 Å². The van der Waals surface area contributed by atoms with Crippen molar-refractivity contribution in [3.05, 3.63) is 29.8 Å². The van der Waals surface area contributed by atoms with E-state index < -0.39 is 24.0 Å². The van der Waals surface area contributed by atoms with Crippen LogP contribution in [0.15, 0.2) is 24.3 Å². The molecule has 0 spiro atoms. The molecule has 0 saturated carbocycles. The summed E-state index contributed by atoms with van der Waals surface area (Å²) in [6, 6.07) is 5.46. The van der Waals surface area contributed by atoms with Gasteiger partial charge < -0.3 is 15.4 Å². The van der Waals surface area contributed by atoms with Crippen LogP contribution in [0.25, 0.3) is 0 Å². The first-order chi connectivity index (χ1) is 11.8. The van der Waals surface area contributed by atoms with Gasteiger partial charge in [-0.25, -0.2) is 9.59 Å². The molecule has 25 heavy (non-hydrogen) atoms. The molecule has 0 unspecified atom stereocenters. The van der Waals surface area contributed by atoms with E-state index >= 15 is 0 Å². The predicted octanol–water partition coefficient (Wildman–Crippen LogP) is 1.19. The van der Waals surface area contributed by atoms with Crippen LogP contribution in [-0.4, -0.2) is 36.5 Å². The minimum Gasteiger partial charge on any atom is -0.448 e. The van der Waals surface area contributed by atoms with Crippen LogP contribution in [0.3, 0.4) is 0 Å². The molecule has 0 aliphatic carbocycles. The molecular weight excluding hydrogens is 326 g/mol. The molecule has 1 aliphatic heterocycles. The number of imide groups is 1. The monoisotopic (exact) mass is 347 g/mol. The van der Waals surface area contributed by atoms with E-state index in [1.54, 1.807) is 36.9 Å². The zero-order chi connectivity index (χ0) is 18.6. The number of primary amides is 1. The van der Waals surface area contributed by atoms with Crippen LogP contribution in [0.5, 0.6) is 0 Å². The van der Waals surface area contributed by atoms with Gasteiger partial charge in [-0.3, -0.25) is 14.9 Å². The van der Waals surface area contributed by atoms with Gasteiger partial charge in [0.1, 0.15) is 0 Å². The summed E-state index contributed by atoms with van der Waals surface area (Å²) in [5, 5.41) is 1.91. The maximum Gasteiger partial charge on any atom is 0.338 e. The van der Waals surface area contributed by atoms with E-state index in [1.807, 2.05) is 5.32 Å². The van der Waals surface area contributed by atoms with Gasteiger partial charge in [-0.05, 0) is 30.5 Å². The van der Waals surface area contributed by atoms with Gasteiger partial charge in [-0.1, -0.05) is 19.9 Å². The van der Waals surface area contributed by atoms with Crippen LogP contribution in [-0.2, 0) is 14.3 Å². The van der Waals surface area contributed by atoms with Crippen LogP contribution < -0.4 is 16.0 Å². The van der Waals surface area contributed by atoms with Crippen molar-refractivity contribution in [2.45, 2.75) is 32.8 Å². The summed E-state index contributed by atoms with van der Waals surface area (Å²) in [6.07, 6.45) is 0.102. The highest BCUT2D eigenvalue weighted by molar-refractivity contribution is 5.99. The average Bonchev–Trinajstić information content (AvgIpc) is 2.97. The smallest absolute Gasteiger partial charge is 0.338 e. The summed E-state index contributed by atoms with van der Waals surface area (Å²) in [6.45, 7) is 3.96. The van der Waals surface area contributed by atoms with Gasteiger partial charge >= 0.3 is 12.0 Å². The van der Waals surface area contributed by atoms with E-state index in [4.69, 9.17) is 10.5 Å². The summed E-state index contributed by atoms with van der Waals surface area (Å²) >= 11 is 0. The number of amides is 4. The third-order valence-electron chi connectivity index (χ3n) is 3.81. The Balaban J connectivity index is 2.14. The van der Waals surface area contributed by atoms with Gasteiger partial charge in [0, 0.05) is 18.7 Å². The zero-order valence-electron chi connectivity index (χ0n) is 14.2. The van der Waals surface area contributed by atoms with E-state index in [-0.39, 0.29) is 17.4 Å². The largest absolute Gasteiger partial charge is 0.448 e. The average molecular weight is 347 g/mol. The number of benzene rings is 1. The summed E-state index contributed by atoms with van der Waals surface area (Å²) < 4.78 is 5.24. The van der Waals surface area contributed by atoms with E-state index in [1.165, 1.54) is 6.07 Å². The minimum atomic E-state index is -1.16. The summed E-state index contributed by atoms with van der Waals surface area (Å²) in [5.74, 6) is -1.84. The second-order valence-electron chi connectivity index (χ2n) is 6.12. The van der Waals surface area contributed by atoms with Crippen molar-refractivity contribution in [1.29, 1.82) is 0 Å². The Morgan fingerprint density at radius 3 is 2.56 bits per heavy atom. The molecule has 1 saturated heterocycles. The molecule has 3 N–H and O–H groups in total. The van der Waals surface area contributed by atoms with Gasteiger partial charge in [0.05, 0.1) is 5.56 Å². The van der Waals surface area contributed by atoms with Crippen LogP contribution in [0.4, 0.5) is 10.5 Å². The maximum atomic E-state index is 12.4. The molecule has 2 rings (SSSR count). The van der Waals surface area contributed by atoms with Crippen LogP contribution in [0.2, 0.25) is 0 Å². The van der Waals surface area contributed by atoms with E-state index in [0.29, 0.717) is 18.7 Å². The summed E-state index contributed by atoms with van der Waals surface area (Å²) in [4.78, 5) is 48.6. The van der Waals surface area contributed by atoms with E-state index in [2.05, 4.69) is 0 Å². The first kappa shape index (κ1) is 18.4. The Morgan fingerprint density at radius 2 is 2.00 bits per heavy atom. The molecule has 1 aliphatic rings. The van der Waals surface area contributed by atoms with Crippen molar-refractivity contribution < 1.29 is 23.9 Å². The molecule has 0 radical (unpaired) electrons. The van der Waals surface area contributed by atoms with Crippen LogP contribution >= 0.6 is 0 Å². The lowest BCUT2D eigenvalue weighted by molar-refractivity contribution is -0.130. The molecule has 8 nitrogen and oxygen atoms in total. The van der Waals surface area contributed by atoms with Crippen molar-refractivity contribution in [1.82, 2.24) is 5.32 Å². The Morgan fingerprint density at radius 1 is 1.28 bits per heavy atom. The molecule has 1 heterocycles.